The first-order valence-electron chi connectivity index (χ1n) is 5.88. The van der Waals surface area contributed by atoms with E-state index in [1.54, 1.807) is 0 Å². The molecule has 0 aliphatic heterocycles. The Balaban J connectivity index is 2.37. The van der Waals surface area contributed by atoms with Crippen molar-refractivity contribution in [1.82, 2.24) is 4.90 Å². The Morgan fingerprint density at radius 1 is 1.27 bits per heavy atom. The monoisotopic (exact) mass is 217 g/mol. The van der Waals surface area contributed by atoms with E-state index in [2.05, 4.69) is 11.8 Å². The van der Waals surface area contributed by atoms with Crippen molar-refractivity contribution in [3.05, 3.63) is 0 Å². The highest BCUT2D eigenvalue weighted by atomic mass is 16.3. The second-order valence-electron chi connectivity index (χ2n) is 4.39. The van der Waals surface area contributed by atoms with Crippen LogP contribution in [0.25, 0.3) is 0 Å². The van der Waals surface area contributed by atoms with E-state index in [1.165, 1.54) is 0 Å². The minimum absolute atomic E-state index is 0.136. The fourth-order valence-electron chi connectivity index (χ4n) is 2.29. The molecule has 1 saturated carbocycles. The van der Waals surface area contributed by atoms with Crippen LogP contribution in [0.2, 0.25) is 0 Å². The predicted molar refractivity (Wildman–Crippen MR) is 58.6 cm³/mol. The van der Waals surface area contributed by atoms with Crippen molar-refractivity contribution in [3.8, 4) is 0 Å². The van der Waals surface area contributed by atoms with Gasteiger partial charge in [-0.05, 0) is 32.2 Å². The lowest BCUT2D eigenvalue weighted by Gasteiger charge is -2.35. The van der Waals surface area contributed by atoms with Gasteiger partial charge in [-0.3, -0.25) is 4.90 Å². The largest absolute Gasteiger partial charge is 0.394 e. The van der Waals surface area contributed by atoms with Crippen molar-refractivity contribution in [3.63, 3.8) is 0 Å². The van der Waals surface area contributed by atoms with Crippen LogP contribution in [0.3, 0.4) is 0 Å². The number of hydrogen-bond acceptors (Lipinski definition) is 4. The lowest BCUT2D eigenvalue weighted by molar-refractivity contribution is 0.0247. The minimum Gasteiger partial charge on any atom is -0.394 e. The Morgan fingerprint density at radius 3 is 2.33 bits per heavy atom. The number of nitrogens with zero attached hydrogens (tertiary/aromatic N) is 1. The van der Waals surface area contributed by atoms with Crippen molar-refractivity contribution >= 4 is 0 Å². The second-order valence-corrected chi connectivity index (χ2v) is 4.39. The fraction of sp³-hybridized carbons (Fsp3) is 1.00. The molecule has 0 bridgehead atoms. The van der Waals surface area contributed by atoms with Crippen LogP contribution >= 0.6 is 0 Å². The molecular formula is C11H23NO3. The first-order valence-corrected chi connectivity index (χ1v) is 5.88. The summed E-state index contributed by atoms with van der Waals surface area (Å²) in [5.74, 6) is 0. The van der Waals surface area contributed by atoms with Gasteiger partial charge in [0.05, 0.1) is 18.8 Å². The Bertz CT molecular complexity index is 169. The molecule has 1 aliphatic rings. The van der Waals surface area contributed by atoms with E-state index in [4.69, 9.17) is 5.11 Å². The number of aliphatic hydroxyl groups is 3. The van der Waals surface area contributed by atoms with E-state index < -0.39 is 6.10 Å². The highest BCUT2D eigenvalue weighted by Gasteiger charge is 2.24. The molecule has 1 aliphatic carbocycles. The van der Waals surface area contributed by atoms with E-state index in [0.29, 0.717) is 12.6 Å². The van der Waals surface area contributed by atoms with Crippen LogP contribution in [0.15, 0.2) is 0 Å². The zero-order valence-electron chi connectivity index (χ0n) is 9.47. The Kier molecular flexibility index (Phi) is 5.53. The average Bonchev–Trinajstić information content (AvgIpc) is 2.27. The normalized spacial score (nSPS) is 29.4. The van der Waals surface area contributed by atoms with E-state index in [0.717, 1.165) is 32.2 Å². The van der Waals surface area contributed by atoms with Gasteiger partial charge in [0.1, 0.15) is 0 Å². The van der Waals surface area contributed by atoms with Gasteiger partial charge < -0.3 is 15.3 Å². The third kappa shape index (κ3) is 4.07. The van der Waals surface area contributed by atoms with Crippen LogP contribution in [0, 0.1) is 0 Å². The summed E-state index contributed by atoms with van der Waals surface area (Å²) in [6.07, 6.45) is 2.92. The van der Waals surface area contributed by atoms with E-state index in [9.17, 15) is 10.2 Å². The molecule has 0 aromatic heterocycles. The van der Waals surface area contributed by atoms with Crippen LogP contribution < -0.4 is 0 Å². The van der Waals surface area contributed by atoms with Gasteiger partial charge >= 0.3 is 0 Å². The number of rotatable bonds is 5. The standard InChI is InChI=1S/C11H23NO3/c1-2-12(7-11(15)8-13)9-3-5-10(14)6-4-9/h9-11,13-15H,2-8H2,1H3/t9-,10-,11?. The van der Waals surface area contributed by atoms with E-state index >= 15 is 0 Å². The zero-order valence-corrected chi connectivity index (χ0v) is 9.47. The lowest BCUT2D eigenvalue weighted by atomic mass is 9.92. The van der Waals surface area contributed by atoms with Crippen molar-refractivity contribution in [2.45, 2.75) is 50.9 Å². The first kappa shape index (κ1) is 12.9. The van der Waals surface area contributed by atoms with Crippen molar-refractivity contribution in [2.24, 2.45) is 0 Å². The molecule has 1 fully saturated rings. The maximum absolute atomic E-state index is 9.40. The summed E-state index contributed by atoms with van der Waals surface area (Å²) in [5.41, 5.74) is 0. The summed E-state index contributed by atoms with van der Waals surface area (Å²) < 4.78 is 0. The fourth-order valence-corrected chi connectivity index (χ4v) is 2.29. The van der Waals surface area contributed by atoms with Gasteiger partial charge in [0, 0.05) is 12.6 Å². The summed E-state index contributed by atoms with van der Waals surface area (Å²) >= 11 is 0. The van der Waals surface area contributed by atoms with Crippen molar-refractivity contribution < 1.29 is 15.3 Å². The number of aliphatic hydroxyl groups excluding tert-OH is 3. The van der Waals surface area contributed by atoms with Gasteiger partial charge in [-0.15, -0.1) is 0 Å². The molecule has 0 saturated heterocycles. The van der Waals surface area contributed by atoms with Crippen LogP contribution in [0.1, 0.15) is 32.6 Å². The Labute approximate surface area is 91.5 Å². The highest BCUT2D eigenvalue weighted by Crippen LogP contribution is 2.23. The topological polar surface area (TPSA) is 63.9 Å². The van der Waals surface area contributed by atoms with Crippen molar-refractivity contribution in [1.29, 1.82) is 0 Å². The summed E-state index contributed by atoms with van der Waals surface area (Å²) in [6.45, 7) is 3.31. The molecule has 0 heterocycles. The molecule has 90 valence electrons. The first-order chi connectivity index (χ1) is 7.17. The molecule has 1 atom stereocenters. The second kappa shape index (κ2) is 6.43. The van der Waals surface area contributed by atoms with E-state index in [-0.39, 0.29) is 12.7 Å². The van der Waals surface area contributed by atoms with Gasteiger partial charge in [0.2, 0.25) is 0 Å². The molecule has 0 radical (unpaired) electrons. The van der Waals surface area contributed by atoms with Crippen molar-refractivity contribution in [2.75, 3.05) is 19.7 Å². The molecule has 0 amide bonds. The molecule has 1 unspecified atom stereocenters. The maximum Gasteiger partial charge on any atom is 0.0897 e. The molecule has 1 rings (SSSR count). The smallest absolute Gasteiger partial charge is 0.0897 e. The lowest BCUT2D eigenvalue weighted by Crippen LogP contribution is -2.43. The third-order valence-electron chi connectivity index (χ3n) is 3.24. The maximum atomic E-state index is 9.40. The molecule has 4 heteroatoms. The summed E-state index contributed by atoms with van der Waals surface area (Å²) in [4.78, 5) is 2.20. The molecule has 0 spiro atoms. The molecule has 15 heavy (non-hydrogen) atoms. The quantitative estimate of drug-likeness (QED) is 0.605. The molecule has 0 aromatic carbocycles. The summed E-state index contributed by atoms with van der Waals surface area (Å²) in [7, 11) is 0. The van der Waals surface area contributed by atoms with Gasteiger partial charge in [-0.25, -0.2) is 0 Å². The Morgan fingerprint density at radius 2 is 1.87 bits per heavy atom. The van der Waals surface area contributed by atoms with Crippen LogP contribution in [-0.2, 0) is 0 Å². The third-order valence-corrected chi connectivity index (χ3v) is 3.24. The van der Waals surface area contributed by atoms with Gasteiger partial charge in [-0.2, -0.15) is 0 Å². The Hall–Kier alpha value is -0.160. The van der Waals surface area contributed by atoms with Crippen LogP contribution in [-0.4, -0.2) is 58.2 Å². The van der Waals surface area contributed by atoms with E-state index in [1.807, 2.05) is 0 Å². The van der Waals surface area contributed by atoms with Gasteiger partial charge in [0.15, 0.2) is 0 Å². The average molecular weight is 217 g/mol. The van der Waals surface area contributed by atoms with Crippen LogP contribution in [0.4, 0.5) is 0 Å². The highest BCUT2D eigenvalue weighted by molar-refractivity contribution is 4.80. The molecular weight excluding hydrogens is 194 g/mol. The number of hydrogen-bond donors (Lipinski definition) is 3. The van der Waals surface area contributed by atoms with Gasteiger partial charge in [0.25, 0.3) is 0 Å². The summed E-state index contributed by atoms with van der Waals surface area (Å²) in [5, 5.41) is 27.6. The molecule has 3 N–H and O–H groups in total. The summed E-state index contributed by atoms with van der Waals surface area (Å²) in [6, 6.07) is 0.458. The molecule has 0 aromatic rings. The zero-order chi connectivity index (χ0) is 11.3. The molecule has 4 nitrogen and oxygen atoms in total. The van der Waals surface area contributed by atoms with Crippen LogP contribution in [0.5, 0.6) is 0 Å². The van der Waals surface area contributed by atoms with Gasteiger partial charge in [-0.1, -0.05) is 6.92 Å². The SMILES string of the molecule is CCN(CC(O)CO)[C@H]1CC[C@H](O)CC1. The number of likely N-dealkylation sites (N-methyl/N-ethyl adjacent to an activating group) is 1. The predicted octanol–water partition coefficient (Wildman–Crippen LogP) is -0.0350. The minimum atomic E-state index is -0.642.